The number of ether oxygens (including phenoxy) is 2. The summed E-state index contributed by atoms with van der Waals surface area (Å²) in [6, 6.07) is 2.22. The molecule has 2 fully saturated rings. The van der Waals surface area contributed by atoms with Crippen LogP contribution in [0.1, 0.15) is 42.9 Å². The van der Waals surface area contributed by atoms with Gasteiger partial charge in [0.05, 0.1) is 12.2 Å². The fourth-order valence-electron chi connectivity index (χ4n) is 4.05. The van der Waals surface area contributed by atoms with Crippen LogP contribution in [0.25, 0.3) is 0 Å². The molecule has 5 heteroatoms. The highest BCUT2D eigenvalue weighted by molar-refractivity contribution is 5.30. The van der Waals surface area contributed by atoms with Crippen LogP contribution in [0.4, 0.5) is 4.39 Å². The van der Waals surface area contributed by atoms with Crippen LogP contribution >= 0.6 is 0 Å². The molecule has 22 heavy (non-hydrogen) atoms. The number of nitrogens with zero attached hydrogens (tertiary/aromatic N) is 2. The van der Waals surface area contributed by atoms with E-state index in [0.29, 0.717) is 12.1 Å². The van der Waals surface area contributed by atoms with Crippen LogP contribution in [0.3, 0.4) is 0 Å². The van der Waals surface area contributed by atoms with E-state index in [4.69, 9.17) is 9.47 Å². The number of likely N-dealkylation sites (tertiary alicyclic amines) is 1. The monoisotopic (exact) mass is 306 g/mol. The number of halogens is 1. The first-order valence-corrected chi connectivity index (χ1v) is 8.41. The first-order valence-electron chi connectivity index (χ1n) is 8.41. The van der Waals surface area contributed by atoms with Crippen molar-refractivity contribution in [1.82, 2.24) is 9.88 Å². The maximum Gasteiger partial charge on any atom is 0.213 e. The fourth-order valence-corrected chi connectivity index (χ4v) is 4.05. The van der Waals surface area contributed by atoms with Gasteiger partial charge in [0, 0.05) is 44.1 Å². The molecule has 4 nitrogen and oxygen atoms in total. The lowest BCUT2D eigenvalue weighted by molar-refractivity contribution is -0.0145. The summed E-state index contributed by atoms with van der Waals surface area (Å²) in [6.07, 6.45) is 7.28. The Labute approximate surface area is 130 Å². The number of aromatic nitrogens is 1. The van der Waals surface area contributed by atoms with Crippen molar-refractivity contribution >= 4 is 0 Å². The fraction of sp³-hybridized carbons (Fsp3) is 0.706. The highest BCUT2D eigenvalue weighted by Crippen LogP contribution is 2.36. The van der Waals surface area contributed by atoms with Gasteiger partial charge in [-0.05, 0) is 43.7 Å². The third kappa shape index (κ3) is 2.90. The van der Waals surface area contributed by atoms with Crippen molar-refractivity contribution in [2.75, 3.05) is 26.3 Å². The maximum atomic E-state index is 13.2. The van der Waals surface area contributed by atoms with Crippen LogP contribution in [0.15, 0.2) is 12.3 Å². The first kappa shape index (κ1) is 14.5. The Hall–Kier alpha value is -1.04. The average Bonchev–Trinajstić information content (AvgIpc) is 3.16. The number of fused-ring (bicyclic) bond motifs is 1. The molecule has 3 heterocycles. The van der Waals surface area contributed by atoms with Crippen molar-refractivity contribution < 1.29 is 13.9 Å². The van der Waals surface area contributed by atoms with Gasteiger partial charge in [-0.3, -0.25) is 4.90 Å². The zero-order valence-corrected chi connectivity index (χ0v) is 12.8. The van der Waals surface area contributed by atoms with E-state index in [0.717, 1.165) is 69.5 Å². The Morgan fingerprint density at radius 2 is 2.09 bits per heavy atom. The summed E-state index contributed by atoms with van der Waals surface area (Å²) in [4.78, 5) is 6.35. The van der Waals surface area contributed by atoms with Crippen molar-refractivity contribution in [2.24, 2.45) is 0 Å². The lowest BCUT2D eigenvalue weighted by Crippen LogP contribution is -2.38. The molecule has 1 aliphatic carbocycles. The molecule has 3 aliphatic rings. The SMILES string of the molecule is Fc1cc2c(cn1)C(O[C@@H]1CCN(C3CCOCC3)C1)CC2. The Balaban J connectivity index is 1.35. The number of hydrogen-bond acceptors (Lipinski definition) is 4. The van der Waals surface area contributed by atoms with Gasteiger partial charge in [-0.1, -0.05) is 0 Å². The topological polar surface area (TPSA) is 34.6 Å². The molecule has 0 aromatic carbocycles. The summed E-state index contributed by atoms with van der Waals surface area (Å²) in [5.74, 6) is -0.383. The number of rotatable bonds is 3. The second kappa shape index (κ2) is 6.22. The van der Waals surface area contributed by atoms with Gasteiger partial charge in [-0.25, -0.2) is 4.98 Å². The van der Waals surface area contributed by atoms with E-state index < -0.39 is 0 Å². The Morgan fingerprint density at radius 3 is 2.95 bits per heavy atom. The van der Waals surface area contributed by atoms with Gasteiger partial charge in [-0.15, -0.1) is 0 Å². The van der Waals surface area contributed by atoms with Crippen LogP contribution in [0, 0.1) is 5.95 Å². The molecule has 1 aromatic heterocycles. The third-order valence-electron chi connectivity index (χ3n) is 5.25. The molecule has 0 N–H and O–H groups in total. The molecule has 2 aliphatic heterocycles. The molecular weight excluding hydrogens is 283 g/mol. The Kier molecular flexibility index (Phi) is 4.11. The van der Waals surface area contributed by atoms with Crippen molar-refractivity contribution in [1.29, 1.82) is 0 Å². The third-order valence-corrected chi connectivity index (χ3v) is 5.25. The number of hydrogen-bond donors (Lipinski definition) is 0. The summed E-state index contributed by atoms with van der Waals surface area (Å²) in [5.41, 5.74) is 2.16. The van der Waals surface area contributed by atoms with E-state index in [9.17, 15) is 4.39 Å². The lowest BCUT2D eigenvalue weighted by Gasteiger charge is -2.31. The number of aryl methyl sites for hydroxylation is 1. The normalized spacial score (nSPS) is 29.9. The second-order valence-corrected chi connectivity index (χ2v) is 6.62. The molecule has 0 amide bonds. The minimum atomic E-state index is -0.383. The van der Waals surface area contributed by atoms with Crippen molar-refractivity contribution in [3.8, 4) is 0 Å². The van der Waals surface area contributed by atoms with Gasteiger partial charge >= 0.3 is 0 Å². The van der Waals surface area contributed by atoms with E-state index in [1.165, 1.54) is 0 Å². The predicted octanol–water partition coefficient (Wildman–Crippen LogP) is 2.48. The quantitative estimate of drug-likeness (QED) is 0.804. The van der Waals surface area contributed by atoms with E-state index in [1.807, 2.05) is 0 Å². The lowest BCUT2D eigenvalue weighted by atomic mass is 10.1. The minimum absolute atomic E-state index is 0.0998. The van der Waals surface area contributed by atoms with Crippen molar-refractivity contribution in [3.63, 3.8) is 0 Å². The molecule has 2 atom stereocenters. The zero-order chi connectivity index (χ0) is 14.9. The van der Waals surface area contributed by atoms with E-state index in [2.05, 4.69) is 9.88 Å². The largest absolute Gasteiger partial charge is 0.381 e. The maximum absolute atomic E-state index is 13.2. The number of pyridine rings is 1. The molecule has 1 aromatic rings. The Morgan fingerprint density at radius 1 is 1.23 bits per heavy atom. The molecule has 0 saturated carbocycles. The van der Waals surface area contributed by atoms with Crippen LogP contribution in [-0.4, -0.2) is 48.3 Å². The van der Waals surface area contributed by atoms with Gasteiger partial charge in [-0.2, -0.15) is 4.39 Å². The standard InChI is InChI=1S/C17H23FN2O2/c18-17-9-12-1-2-16(15(12)10-19-17)22-14-3-6-20(11-14)13-4-7-21-8-5-13/h9-10,13-14,16H,1-8,11H2/t14-,16?/m1/s1. The predicted molar refractivity (Wildman–Crippen MR) is 80.2 cm³/mol. The van der Waals surface area contributed by atoms with Gasteiger partial charge in [0.25, 0.3) is 0 Å². The van der Waals surface area contributed by atoms with Crippen molar-refractivity contribution in [3.05, 3.63) is 29.3 Å². The van der Waals surface area contributed by atoms with Crippen molar-refractivity contribution in [2.45, 2.75) is 50.4 Å². The summed E-state index contributed by atoms with van der Waals surface area (Å²) in [5, 5.41) is 0. The van der Waals surface area contributed by atoms with Gasteiger partial charge < -0.3 is 9.47 Å². The molecular formula is C17H23FN2O2. The summed E-state index contributed by atoms with van der Waals surface area (Å²) in [7, 11) is 0. The molecule has 0 bridgehead atoms. The first-order chi connectivity index (χ1) is 10.8. The van der Waals surface area contributed by atoms with Gasteiger partial charge in [0.2, 0.25) is 5.95 Å². The smallest absolute Gasteiger partial charge is 0.213 e. The summed E-state index contributed by atoms with van der Waals surface area (Å²) >= 11 is 0. The molecule has 2 saturated heterocycles. The van der Waals surface area contributed by atoms with Crippen LogP contribution < -0.4 is 0 Å². The Bertz CT molecular complexity index is 533. The molecule has 0 spiro atoms. The average molecular weight is 306 g/mol. The second-order valence-electron chi connectivity index (χ2n) is 6.62. The zero-order valence-electron chi connectivity index (χ0n) is 12.8. The van der Waals surface area contributed by atoms with Gasteiger partial charge in [0.1, 0.15) is 0 Å². The van der Waals surface area contributed by atoms with Crippen LogP contribution in [0.2, 0.25) is 0 Å². The van der Waals surface area contributed by atoms with E-state index >= 15 is 0 Å². The molecule has 4 rings (SSSR count). The van der Waals surface area contributed by atoms with Crippen LogP contribution in [-0.2, 0) is 15.9 Å². The molecule has 0 radical (unpaired) electrons. The van der Waals surface area contributed by atoms with E-state index in [1.54, 1.807) is 12.3 Å². The van der Waals surface area contributed by atoms with Gasteiger partial charge in [0.15, 0.2) is 0 Å². The minimum Gasteiger partial charge on any atom is -0.381 e. The highest BCUT2D eigenvalue weighted by Gasteiger charge is 2.33. The van der Waals surface area contributed by atoms with Crippen LogP contribution in [0.5, 0.6) is 0 Å². The summed E-state index contributed by atoms with van der Waals surface area (Å²) < 4.78 is 25.0. The molecule has 120 valence electrons. The summed E-state index contributed by atoms with van der Waals surface area (Å²) in [6.45, 7) is 3.92. The van der Waals surface area contributed by atoms with E-state index in [-0.39, 0.29) is 12.1 Å². The molecule has 1 unspecified atom stereocenters. The highest BCUT2D eigenvalue weighted by atomic mass is 19.1.